The third kappa shape index (κ3) is 3.79. The summed E-state index contributed by atoms with van der Waals surface area (Å²) in [6, 6.07) is 50.4. The van der Waals surface area contributed by atoms with Crippen LogP contribution in [0.3, 0.4) is 0 Å². The molecule has 0 saturated heterocycles. The predicted octanol–water partition coefficient (Wildman–Crippen LogP) is 10.1. The van der Waals surface area contributed by atoms with E-state index in [2.05, 4.69) is 102 Å². The quantitative estimate of drug-likeness (QED) is 0.204. The second kappa shape index (κ2) is 9.29. The largest absolute Gasteiger partial charge is 0.456 e. The van der Waals surface area contributed by atoms with Crippen LogP contribution in [-0.4, -0.2) is 15.0 Å². The molecule has 2 heterocycles. The molecule has 0 radical (unpaired) electrons. The highest BCUT2D eigenvalue weighted by Crippen LogP contribution is 2.41. The third-order valence-corrected chi connectivity index (χ3v) is 8.21. The topological polar surface area (TPSA) is 47.1 Å². The monoisotopic (exact) mass is 552 g/mol. The lowest BCUT2D eigenvalue weighted by atomic mass is 9.99. The molecule has 0 atom stereocenters. The molecule has 2 aromatic heterocycles. The minimum Gasteiger partial charge on any atom is -0.456 e. The van der Waals surface area contributed by atoms with E-state index < -0.39 is 0 Å². The molecule has 43 heavy (non-hydrogen) atoms. The van der Waals surface area contributed by atoms with Crippen LogP contribution in [0.2, 0.25) is 0 Å². The van der Waals surface area contributed by atoms with Crippen molar-refractivity contribution in [3.63, 3.8) is 0 Å². The molecule has 0 saturated carbocycles. The van der Waals surface area contributed by atoms with Gasteiger partial charge in [-0.2, -0.15) is 4.80 Å². The lowest BCUT2D eigenvalue weighted by Crippen LogP contribution is -2.09. The average molecular weight is 553 g/mol. The molecule has 0 bridgehead atoms. The minimum atomic E-state index is 0.865. The molecule has 9 rings (SSSR count). The normalized spacial score (nSPS) is 11.7. The highest BCUT2D eigenvalue weighted by atomic mass is 16.3. The molecule has 0 aliphatic rings. The molecule has 202 valence electrons. The van der Waals surface area contributed by atoms with E-state index in [0.717, 1.165) is 77.3 Å². The number of hydrogen-bond acceptors (Lipinski definition) is 4. The number of aromatic nitrogens is 3. The fourth-order valence-corrected chi connectivity index (χ4v) is 6.20. The third-order valence-electron chi connectivity index (χ3n) is 8.21. The number of furan rings is 1. The zero-order chi connectivity index (χ0) is 28.3. The summed E-state index contributed by atoms with van der Waals surface area (Å²) in [5, 5.41) is 16.6. The number of rotatable bonds is 4. The van der Waals surface area contributed by atoms with Crippen molar-refractivity contribution in [3.8, 4) is 5.69 Å². The van der Waals surface area contributed by atoms with Gasteiger partial charge in [-0.05, 0) is 76.8 Å². The van der Waals surface area contributed by atoms with Crippen molar-refractivity contribution in [3.05, 3.63) is 146 Å². The molecule has 0 aliphatic heterocycles. The smallest absolute Gasteiger partial charge is 0.137 e. The van der Waals surface area contributed by atoms with Crippen LogP contribution in [-0.2, 0) is 0 Å². The summed E-state index contributed by atoms with van der Waals surface area (Å²) < 4.78 is 6.29. The first-order valence-electron chi connectivity index (χ1n) is 14.3. The second-order valence-electron chi connectivity index (χ2n) is 10.8. The fraction of sp³-hybridized carbons (Fsp3) is 0. The maximum Gasteiger partial charge on any atom is 0.137 e. The molecule has 5 nitrogen and oxygen atoms in total. The van der Waals surface area contributed by atoms with Gasteiger partial charge in [0.2, 0.25) is 0 Å². The van der Waals surface area contributed by atoms with E-state index in [1.165, 1.54) is 0 Å². The van der Waals surface area contributed by atoms with Crippen LogP contribution in [0.4, 0.5) is 17.1 Å². The highest BCUT2D eigenvalue weighted by molar-refractivity contribution is 6.19. The Morgan fingerprint density at radius 2 is 1.16 bits per heavy atom. The number of hydrogen-bond donors (Lipinski definition) is 0. The first kappa shape index (κ1) is 23.7. The summed E-state index contributed by atoms with van der Waals surface area (Å²) in [4.78, 5) is 4.01. The zero-order valence-corrected chi connectivity index (χ0v) is 23.1. The van der Waals surface area contributed by atoms with Gasteiger partial charge in [0.25, 0.3) is 0 Å². The summed E-state index contributed by atoms with van der Waals surface area (Å²) in [6.07, 6.45) is 0. The first-order valence-corrected chi connectivity index (χ1v) is 14.3. The van der Waals surface area contributed by atoms with Gasteiger partial charge in [-0.3, -0.25) is 0 Å². The zero-order valence-electron chi connectivity index (χ0n) is 23.1. The Hall–Kier alpha value is -5.94. The SMILES string of the molecule is c1ccc(N(c2ccc3c(c2)oc2ccccc23)c2ccc3ccc4ccc5nn(-c6ccccc6)nc5c4c3c2)cc1. The van der Waals surface area contributed by atoms with Crippen LogP contribution in [0.1, 0.15) is 0 Å². The maximum absolute atomic E-state index is 6.29. The van der Waals surface area contributed by atoms with E-state index in [4.69, 9.17) is 14.6 Å². The minimum absolute atomic E-state index is 0.865. The number of para-hydroxylation sites is 3. The summed E-state index contributed by atoms with van der Waals surface area (Å²) >= 11 is 0. The lowest BCUT2D eigenvalue weighted by molar-refractivity contribution is 0.669. The Bertz CT molecular complexity index is 2460. The van der Waals surface area contributed by atoms with Gasteiger partial charge in [0.15, 0.2) is 0 Å². The van der Waals surface area contributed by atoms with E-state index in [-0.39, 0.29) is 0 Å². The van der Waals surface area contributed by atoms with Crippen molar-refractivity contribution in [2.45, 2.75) is 0 Å². The van der Waals surface area contributed by atoms with Gasteiger partial charge < -0.3 is 9.32 Å². The number of benzene rings is 7. The fourth-order valence-electron chi connectivity index (χ4n) is 6.20. The Kier molecular flexibility index (Phi) is 5.13. The van der Waals surface area contributed by atoms with Crippen LogP contribution in [0.15, 0.2) is 150 Å². The molecule has 9 aromatic rings. The Balaban J connectivity index is 1.28. The van der Waals surface area contributed by atoms with Crippen molar-refractivity contribution >= 4 is 71.6 Å². The van der Waals surface area contributed by atoms with Gasteiger partial charge in [-0.25, -0.2) is 0 Å². The van der Waals surface area contributed by atoms with E-state index >= 15 is 0 Å². The van der Waals surface area contributed by atoms with Gasteiger partial charge in [0.1, 0.15) is 22.2 Å². The molecule has 7 aromatic carbocycles. The van der Waals surface area contributed by atoms with E-state index in [1.54, 1.807) is 4.80 Å². The molecule has 0 spiro atoms. The van der Waals surface area contributed by atoms with Crippen LogP contribution >= 0.6 is 0 Å². The number of fused-ring (bicyclic) bond motifs is 8. The Labute approximate surface area is 246 Å². The van der Waals surface area contributed by atoms with Crippen molar-refractivity contribution in [1.82, 2.24) is 15.0 Å². The van der Waals surface area contributed by atoms with Crippen LogP contribution in [0.25, 0.3) is 60.2 Å². The molecule has 0 aliphatic carbocycles. The molecular formula is C38H24N4O. The molecule has 0 amide bonds. The number of nitrogens with zero attached hydrogens (tertiary/aromatic N) is 4. The van der Waals surface area contributed by atoms with Crippen molar-refractivity contribution in [1.29, 1.82) is 0 Å². The molecule has 0 unspecified atom stereocenters. The molecule has 0 fully saturated rings. The van der Waals surface area contributed by atoms with Crippen LogP contribution < -0.4 is 4.90 Å². The van der Waals surface area contributed by atoms with E-state index in [9.17, 15) is 0 Å². The van der Waals surface area contributed by atoms with Crippen LogP contribution in [0.5, 0.6) is 0 Å². The maximum atomic E-state index is 6.29. The predicted molar refractivity (Wildman–Crippen MR) is 176 cm³/mol. The van der Waals surface area contributed by atoms with Crippen molar-refractivity contribution < 1.29 is 4.42 Å². The van der Waals surface area contributed by atoms with Crippen molar-refractivity contribution in [2.75, 3.05) is 4.90 Å². The summed E-state index contributed by atoms with van der Waals surface area (Å²) in [5.74, 6) is 0. The molecule has 5 heteroatoms. The Morgan fingerprint density at radius 3 is 2.05 bits per heavy atom. The van der Waals surface area contributed by atoms with E-state index in [0.29, 0.717) is 0 Å². The average Bonchev–Trinajstić information content (AvgIpc) is 3.67. The first-order chi connectivity index (χ1) is 21.3. The standard InChI is InChI=1S/C38H24N4O/c1-3-9-27(10-4-1)41(30-20-21-32-31-13-7-8-14-35(31)43-36(32)24-30)29-19-17-25-15-16-26-18-22-34-38(37(26)33(25)23-29)40-42(39-34)28-11-5-2-6-12-28/h1-24H. The van der Waals surface area contributed by atoms with Gasteiger partial charge in [0.05, 0.1) is 5.69 Å². The highest BCUT2D eigenvalue weighted by Gasteiger charge is 2.17. The van der Waals surface area contributed by atoms with Crippen LogP contribution in [0, 0.1) is 0 Å². The lowest BCUT2D eigenvalue weighted by Gasteiger charge is -2.26. The summed E-state index contributed by atoms with van der Waals surface area (Å²) in [5.41, 5.74) is 7.59. The van der Waals surface area contributed by atoms with Gasteiger partial charge in [0, 0.05) is 39.3 Å². The second-order valence-corrected chi connectivity index (χ2v) is 10.8. The molecular weight excluding hydrogens is 528 g/mol. The molecule has 0 N–H and O–H groups in total. The van der Waals surface area contributed by atoms with Crippen molar-refractivity contribution in [2.24, 2.45) is 0 Å². The van der Waals surface area contributed by atoms with Gasteiger partial charge >= 0.3 is 0 Å². The van der Waals surface area contributed by atoms with Gasteiger partial charge in [-0.15, -0.1) is 10.2 Å². The summed E-state index contributed by atoms with van der Waals surface area (Å²) in [7, 11) is 0. The summed E-state index contributed by atoms with van der Waals surface area (Å²) in [6.45, 7) is 0. The van der Waals surface area contributed by atoms with E-state index in [1.807, 2.05) is 48.5 Å². The Morgan fingerprint density at radius 1 is 0.488 bits per heavy atom. The number of anilines is 3. The van der Waals surface area contributed by atoms with Gasteiger partial charge in [-0.1, -0.05) is 78.9 Å².